The van der Waals surface area contributed by atoms with Crippen LogP contribution in [-0.4, -0.2) is 43.2 Å². The van der Waals surface area contributed by atoms with Gasteiger partial charge in [0.05, 0.1) is 25.0 Å². The van der Waals surface area contributed by atoms with Gasteiger partial charge in [-0.05, 0) is 31.0 Å². The van der Waals surface area contributed by atoms with Crippen LogP contribution >= 0.6 is 0 Å². The highest BCUT2D eigenvalue weighted by atomic mass is 16.5. The lowest BCUT2D eigenvalue weighted by Crippen LogP contribution is -2.45. The maximum atomic E-state index is 12.5. The van der Waals surface area contributed by atoms with Crippen molar-refractivity contribution in [2.24, 2.45) is 0 Å². The monoisotopic (exact) mass is 262 g/mol. The first-order chi connectivity index (χ1) is 9.17. The molecular formula is C14H18N2O3. The van der Waals surface area contributed by atoms with Gasteiger partial charge < -0.3 is 20.1 Å². The molecule has 102 valence electrons. The maximum Gasteiger partial charge on any atom is 0.254 e. The standard InChI is InChI=1S/C14H18N2O3/c1-18-13-6-9(2-5-12(13)15)14(17)16-7-10-3-4-11(8-16)19-10/h2,5-6,10-11H,3-4,7-8,15H2,1H3. The molecule has 0 saturated carbocycles. The number of nitrogens with two attached hydrogens (primary N) is 1. The first kappa shape index (κ1) is 12.3. The molecule has 0 spiro atoms. The molecule has 3 rings (SSSR count). The van der Waals surface area contributed by atoms with Gasteiger partial charge in [0.25, 0.3) is 5.91 Å². The molecule has 2 bridgehead atoms. The van der Waals surface area contributed by atoms with Gasteiger partial charge in [-0.15, -0.1) is 0 Å². The number of carbonyl (C=O) groups excluding carboxylic acids is 1. The number of morpholine rings is 1. The summed E-state index contributed by atoms with van der Waals surface area (Å²) in [6, 6.07) is 5.16. The number of methoxy groups -OCH3 is 1. The SMILES string of the molecule is COc1cc(C(=O)N2CC3CCC(C2)O3)ccc1N. The molecule has 2 fully saturated rings. The summed E-state index contributed by atoms with van der Waals surface area (Å²) in [5.74, 6) is 0.570. The molecule has 2 heterocycles. The van der Waals surface area contributed by atoms with Crippen molar-refractivity contribution >= 4 is 11.6 Å². The summed E-state index contributed by atoms with van der Waals surface area (Å²) in [6.07, 6.45) is 2.52. The van der Waals surface area contributed by atoms with Crippen LogP contribution in [0.15, 0.2) is 18.2 Å². The number of likely N-dealkylation sites (tertiary alicyclic amines) is 1. The summed E-state index contributed by atoms with van der Waals surface area (Å²) < 4.78 is 10.9. The average molecular weight is 262 g/mol. The fourth-order valence-electron chi connectivity index (χ4n) is 2.81. The van der Waals surface area contributed by atoms with Crippen molar-refractivity contribution in [3.05, 3.63) is 23.8 Å². The van der Waals surface area contributed by atoms with Crippen LogP contribution in [0, 0.1) is 0 Å². The van der Waals surface area contributed by atoms with Crippen molar-refractivity contribution in [3.8, 4) is 5.75 Å². The molecule has 5 heteroatoms. The van der Waals surface area contributed by atoms with Crippen molar-refractivity contribution < 1.29 is 14.3 Å². The Balaban J connectivity index is 1.80. The number of hydrogen-bond donors (Lipinski definition) is 1. The summed E-state index contributed by atoms with van der Waals surface area (Å²) in [4.78, 5) is 14.3. The van der Waals surface area contributed by atoms with Gasteiger partial charge in [0.2, 0.25) is 0 Å². The number of nitrogens with zero attached hydrogens (tertiary/aromatic N) is 1. The van der Waals surface area contributed by atoms with Crippen LogP contribution in [0.2, 0.25) is 0 Å². The highest BCUT2D eigenvalue weighted by molar-refractivity contribution is 5.95. The Morgan fingerprint density at radius 2 is 2.05 bits per heavy atom. The number of amides is 1. The number of fused-ring (bicyclic) bond motifs is 2. The Labute approximate surface area is 112 Å². The van der Waals surface area contributed by atoms with Crippen molar-refractivity contribution in [1.82, 2.24) is 4.90 Å². The van der Waals surface area contributed by atoms with Crippen LogP contribution in [0.4, 0.5) is 5.69 Å². The third-order valence-electron chi connectivity index (χ3n) is 3.81. The number of anilines is 1. The molecule has 0 radical (unpaired) electrons. The van der Waals surface area contributed by atoms with Crippen molar-refractivity contribution in [2.45, 2.75) is 25.0 Å². The zero-order valence-electron chi connectivity index (χ0n) is 11.0. The number of ether oxygens (including phenoxy) is 2. The molecule has 0 aliphatic carbocycles. The summed E-state index contributed by atoms with van der Waals surface area (Å²) >= 11 is 0. The van der Waals surface area contributed by atoms with Crippen LogP contribution in [0.25, 0.3) is 0 Å². The van der Waals surface area contributed by atoms with Crippen molar-refractivity contribution in [1.29, 1.82) is 0 Å². The minimum atomic E-state index is 0.0264. The van der Waals surface area contributed by atoms with E-state index in [0.717, 1.165) is 12.8 Å². The van der Waals surface area contributed by atoms with Crippen molar-refractivity contribution in [2.75, 3.05) is 25.9 Å². The van der Waals surface area contributed by atoms with Crippen LogP contribution in [0.1, 0.15) is 23.2 Å². The molecular weight excluding hydrogens is 244 g/mol. The summed E-state index contributed by atoms with van der Waals surface area (Å²) in [7, 11) is 1.55. The molecule has 1 aromatic rings. The largest absolute Gasteiger partial charge is 0.495 e. The fraction of sp³-hybridized carbons (Fsp3) is 0.500. The minimum Gasteiger partial charge on any atom is -0.495 e. The number of hydrogen-bond acceptors (Lipinski definition) is 4. The van der Waals surface area contributed by atoms with Gasteiger partial charge in [-0.2, -0.15) is 0 Å². The second-order valence-electron chi connectivity index (χ2n) is 5.12. The Kier molecular flexibility index (Phi) is 3.06. The van der Waals surface area contributed by atoms with Gasteiger partial charge in [0, 0.05) is 18.7 Å². The second-order valence-corrected chi connectivity index (χ2v) is 5.12. The lowest BCUT2D eigenvalue weighted by atomic mass is 10.1. The summed E-state index contributed by atoms with van der Waals surface area (Å²) in [6.45, 7) is 1.37. The van der Waals surface area contributed by atoms with E-state index < -0.39 is 0 Å². The van der Waals surface area contributed by atoms with E-state index in [1.165, 1.54) is 0 Å². The van der Waals surface area contributed by atoms with Crippen LogP contribution in [-0.2, 0) is 4.74 Å². The molecule has 1 amide bonds. The smallest absolute Gasteiger partial charge is 0.254 e. The first-order valence-corrected chi connectivity index (χ1v) is 6.55. The summed E-state index contributed by atoms with van der Waals surface area (Å²) in [5.41, 5.74) is 6.92. The van der Waals surface area contributed by atoms with Crippen LogP contribution in [0.3, 0.4) is 0 Å². The molecule has 0 aromatic heterocycles. The van der Waals surface area contributed by atoms with E-state index >= 15 is 0 Å². The lowest BCUT2D eigenvalue weighted by Gasteiger charge is -2.32. The Hall–Kier alpha value is -1.75. The summed E-state index contributed by atoms with van der Waals surface area (Å²) in [5, 5.41) is 0. The topological polar surface area (TPSA) is 64.8 Å². The number of carbonyl (C=O) groups is 1. The predicted molar refractivity (Wildman–Crippen MR) is 71.2 cm³/mol. The lowest BCUT2D eigenvalue weighted by molar-refractivity contribution is -0.0303. The Bertz CT molecular complexity index is 491. The average Bonchev–Trinajstić information content (AvgIpc) is 2.77. The van der Waals surface area contributed by atoms with E-state index in [-0.39, 0.29) is 18.1 Å². The van der Waals surface area contributed by atoms with Gasteiger partial charge in [0.1, 0.15) is 5.75 Å². The normalized spacial score (nSPS) is 25.4. The molecule has 19 heavy (non-hydrogen) atoms. The Morgan fingerprint density at radius 1 is 1.37 bits per heavy atom. The quantitative estimate of drug-likeness (QED) is 0.815. The molecule has 5 nitrogen and oxygen atoms in total. The zero-order chi connectivity index (χ0) is 13.4. The van der Waals surface area contributed by atoms with Gasteiger partial charge in [0.15, 0.2) is 0 Å². The van der Waals surface area contributed by atoms with E-state index in [4.69, 9.17) is 15.2 Å². The zero-order valence-corrected chi connectivity index (χ0v) is 11.0. The maximum absolute atomic E-state index is 12.5. The van der Waals surface area contributed by atoms with Gasteiger partial charge in [-0.3, -0.25) is 4.79 Å². The molecule has 2 N–H and O–H groups in total. The van der Waals surface area contributed by atoms with Gasteiger partial charge in [-0.1, -0.05) is 0 Å². The predicted octanol–water partition coefficient (Wildman–Crippen LogP) is 1.28. The molecule has 2 saturated heterocycles. The van der Waals surface area contributed by atoms with E-state index in [2.05, 4.69) is 0 Å². The molecule has 2 unspecified atom stereocenters. The van der Waals surface area contributed by atoms with Gasteiger partial charge >= 0.3 is 0 Å². The second kappa shape index (κ2) is 4.74. The van der Waals surface area contributed by atoms with E-state index in [9.17, 15) is 4.79 Å². The van der Waals surface area contributed by atoms with E-state index in [1.54, 1.807) is 25.3 Å². The number of rotatable bonds is 2. The van der Waals surface area contributed by atoms with Crippen LogP contribution in [0.5, 0.6) is 5.75 Å². The third-order valence-corrected chi connectivity index (χ3v) is 3.81. The van der Waals surface area contributed by atoms with Crippen molar-refractivity contribution in [3.63, 3.8) is 0 Å². The van der Waals surface area contributed by atoms with Gasteiger partial charge in [-0.25, -0.2) is 0 Å². The molecule has 1 aromatic carbocycles. The third kappa shape index (κ3) is 2.26. The molecule has 2 aliphatic heterocycles. The molecule has 2 atom stereocenters. The fourth-order valence-corrected chi connectivity index (χ4v) is 2.81. The molecule has 2 aliphatic rings. The number of nitrogen functional groups attached to an aromatic ring is 1. The number of benzene rings is 1. The highest BCUT2D eigenvalue weighted by Crippen LogP contribution is 2.28. The van der Waals surface area contributed by atoms with E-state index in [1.807, 2.05) is 4.90 Å². The highest BCUT2D eigenvalue weighted by Gasteiger charge is 2.36. The first-order valence-electron chi connectivity index (χ1n) is 6.55. The minimum absolute atomic E-state index is 0.0264. The van der Waals surface area contributed by atoms with Crippen LogP contribution < -0.4 is 10.5 Å². The Morgan fingerprint density at radius 3 is 2.68 bits per heavy atom. The van der Waals surface area contributed by atoms with E-state index in [0.29, 0.717) is 30.1 Å².